The number of thioether (sulfide) groups is 1. The molecular weight excluding hydrogens is 336 g/mol. The second-order valence-electron chi connectivity index (χ2n) is 7.11. The van der Waals surface area contributed by atoms with Crippen LogP contribution in [0.1, 0.15) is 44.5 Å². The molecule has 0 N–H and O–H groups in total. The molecule has 0 atom stereocenters. The van der Waals surface area contributed by atoms with Crippen molar-refractivity contribution in [1.82, 2.24) is 4.90 Å². The second kappa shape index (κ2) is 8.61. The third kappa shape index (κ3) is 5.39. The summed E-state index contributed by atoms with van der Waals surface area (Å²) in [5, 5.41) is 0. The molecule has 138 valence electrons. The van der Waals surface area contributed by atoms with Crippen LogP contribution in [0, 0.1) is 0 Å². The van der Waals surface area contributed by atoms with Crippen LogP contribution in [0.4, 0.5) is 10.5 Å². The van der Waals surface area contributed by atoms with Gasteiger partial charge in [0, 0.05) is 36.8 Å². The van der Waals surface area contributed by atoms with Crippen LogP contribution in [-0.2, 0) is 4.74 Å². The maximum Gasteiger partial charge on any atom is 0.410 e. The number of carbonyl (C=O) groups excluding carboxylic acids is 2. The fraction of sp³-hybridized carbons (Fsp3) is 0.579. The first-order chi connectivity index (χ1) is 11.9. The van der Waals surface area contributed by atoms with Crippen molar-refractivity contribution in [3.63, 3.8) is 0 Å². The molecule has 0 unspecified atom stereocenters. The van der Waals surface area contributed by atoms with Gasteiger partial charge in [0.2, 0.25) is 0 Å². The van der Waals surface area contributed by atoms with Crippen LogP contribution in [0.3, 0.4) is 0 Å². The van der Waals surface area contributed by atoms with Crippen molar-refractivity contribution >= 4 is 29.8 Å². The van der Waals surface area contributed by atoms with Crippen molar-refractivity contribution in [1.29, 1.82) is 0 Å². The molecule has 0 radical (unpaired) electrons. The molecule has 0 bridgehead atoms. The first kappa shape index (κ1) is 19.6. The standard InChI is InChI=1S/C19H28N2O3S/c1-5-13-25-17-8-6-7-16(15(17)14-22)20-9-11-21(12-10-20)18(23)24-19(2,3)4/h6-8,14H,5,9-13H2,1-4H3. The zero-order valence-corrected chi connectivity index (χ0v) is 16.4. The first-order valence-electron chi connectivity index (χ1n) is 8.79. The van der Waals surface area contributed by atoms with Crippen molar-refractivity contribution in [2.24, 2.45) is 0 Å². The van der Waals surface area contributed by atoms with Crippen molar-refractivity contribution in [3.05, 3.63) is 23.8 Å². The summed E-state index contributed by atoms with van der Waals surface area (Å²) in [4.78, 5) is 28.8. The second-order valence-corrected chi connectivity index (χ2v) is 8.25. The lowest BCUT2D eigenvalue weighted by atomic mass is 10.1. The number of hydrogen-bond donors (Lipinski definition) is 0. The summed E-state index contributed by atoms with van der Waals surface area (Å²) in [6.45, 7) is 10.3. The van der Waals surface area contributed by atoms with E-state index in [1.165, 1.54) is 0 Å². The van der Waals surface area contributed by atoms with Crippen LogP contribution in [0.5, 0.6) is 0 Å². The van der Waals surface area contributed by atoms with Crippen molar-refractivity contribution < 1.29 is 14.3 Å². The number of hydrogen-bond acceptors (Lipinski definition) is 5. The summed E-state index contributed by atoms with van der Waals surface area (Å²) in [5.41, 5.74) is 1.23. The third-order valence-electron chi connectivity index (χ3n) is 3.89. The summed E-state index contributed by atoms with van der Waals surface area (Å²) >= 11 is 1.72. The number of anilines is 1. The average Bonchev–Trinajstić information content (AvgIpc) is 2.58. The van der Waals surface area contributed by atoms with E-state index in [4.69, 9.17) is 4.74 Å². The highest BCUT2D eigenvalue weighted by atomic mass is 32.2. The average molecular weight is 365 g/mol. The molecule has 2 rings (SSSR count). The SMILES string of the molecule is CCCSc1cccc(N2CCN(C(=O)OC(C)(C)C)CC2)c1C=O. The van der Waals surface area contributed by atoms with Crippen LogP contribution in [0.25, 0.3) is 0 Å². The van der Waals surface area contributed by atoms with E-state index >= 15 is 0 Å². The van der Waals surface area contributed by atoms with Crippen LogP contribution in [-0.4, -0.2) is 54.8 Å². The van der Waals surface area contributed by atoms with Gasteiger partial charge >= 0.3 is 6.09 Å². The third-order valence-corrected chi connectivity index (χ3v) is 5.17. The highest BCUT2D eigenvalue weighted by molar-refractivity contribution is 7.99. The molecule has 1 fully saturated rings. The zero-order chi connectivity index (χ0) is 18.4. The van der Waals surface area contributed by atoms with Crippen LogP contribution < -0.4 is 4.90 Å². The van der Waals surface area contributed by atoms with E-state index in [1.807, 2.05) is 39.0 Å². The molecule has 25 heavy (non-hydrogen) atoms. The Bertz CT molecular complexity index is 605. The van der Waals surface area contributed by atoms with E-state index in [2.05, 4.69) is 11.8 Å². The highest BCUT2D eigenvalue weighted by Gasteiger charge is 2.27. The molecule has 1 aliphatic rings. The van der Waals surface area contributed by atoms with Gasteiger partial charge in [-0.05, 0) is 45.1 Å². The van der Waals surface area contributed by atoms with Gasteiger partial charge in [-0.1, -0.05) is 13.0 Å². The van der Waals surface area contributed by atoms with E-state index in [0.29, 0.717) is 26.2 Å². The number of piperazine rings is 1. The highest BCUT2D eigenvalue weighted by Crippen LogP contribution is 2.30. The number of nitrogens with zero attached hydrogens (tertiary/aromatic N) is 2. The van der Waals surface area contributed by atoms with E-state index in [1.54, 1.807) is 16.7 Å². The van der Waals surface area contributed by atoms with Gasteiger partial charge in [0.15, 0.2) is 6.29 Å². The van der Waals surface area contributed by atoms with Gasteiger partial charge in [-0.15, -0.1) is 11.8 Å². The molecule has 0 spiro atoms. The van der Waals surface area contributed by atoms with Crippen LogP contribution in [0.15, 0.2) is 23.1 Å². The number of carbonyl (C=O) groups is 2. The first-order valence-corrected chi connectivity index (χ1v) is 9.78. The van der Waals surface area contributed by atoms with Crippen LogP contribution in [0.2, 0.25) is 0 Å². The predicted octanol–water partition coefficient (Wildman–Crippen LogP) is 4.06. The normalized spacial score (nSPS) is 15.2. The molecule has 1 heterocycles. The van der Waals surface area contributed by atoms with Crippen molar-refractivity contribution in [2.75, 3.05) is 36.8 Å². The number of rotatable bonds is 5. The number of aldehydes is 1. The topological polar surface area (TPSA) is 49.9 Å². The zero-order valence-electron chi connectivity index (χ0n) is 15.6. The Balaban J connectivity index is 2.05. The van der Waals surface area contributed by atoms with E-state index in [0.717, 1.165) is 34.6 Å². The Kier molecular flexibility index (Phi) is 6.76. The van der Waals surface area contributed by atoms with Crippen molar-refractivity contribution in [2.45, 2.75) is 44.6 Å². The Morgan fingerprint density at radius 1 is 1.24 bits per heavy atom. The van der Waals surface area contributed by atoms with Gasteiger partial charge in [0.25, 0.3) is 0 Å². The largest absolute Gasteiger partial charge is 0.444 e. The Morgan fingerprint density at radius 3 is 2.48 bits per heavy atom. The lowest BCUT2D eigenvalue weighted by Gasteiger charge is -2.37. The molecule has 0 saturated carbocycles. The predicted molar refractivity (Wildman–Crippen MR) is 103 cm³/mol. The maximum atomic E-state index is 12.2. The van der Waals surface area contributed by atoms with Gasteiger partial charge in [0.1, 0.15) is 5.60 Å². The molecule has 1 aliphatic heterocycles. The number of amides is 1. The number of benzene rings is 1. The quantitative estimate of drug-likeness (QED) is 0.582. The van der Waals surface area contributed by atoms with E-state index in [-0.39, 0.29) is 6.09 Å². The minimum Gasteiger partial charge on any atom is -0.444 e. The number of ether oxygens (including phenoxy) is 1. The molecule has 5 nitrogen and oxygen atoms in total. The minimum atomic E-state index is -0.482. The lowest BCUT2D eigenvalue weighted by Crippen LogP contribution is -2.50. The maximum absolute atomic E-state index is 12.2. The van der Waals surface area contributed by atoms with Crippen molar-refractivity contribution in [3.8, 4) is 0 Å². The van der Waals surface area contributed by atoms with Gasteiger partial charge in [-0.3, -0.25) is 4.79 Å². The van der Waals surface area contributed by atoms with Crippen LogP contribution >= 0.6 is 11.8 Å². The monoisotopic (exact) mass is 364 g/mol. The molecule has 0 aromatic heterocycles. The van der Waals surface area contributed by atoms with E-state index < -0.39 is 5.60 Å². The Morgan fingerprint density at radius 2 is 1.92 bits per heavy atom. The fourth-order valence-corrected chi connectivity index (χ4v) is 3.63. The van der Waals surface area contributed by atoms with Gasteiger partial charge in [-0.25, -0.2) is 4.79 Å². The fourth-order valence-electron chi connectivity index (χ4n) is 2.72. The van der Waals surface area contributed by atoms with E-state index in [9.17, 15) is 9.59 Å². The minimum absolute atomic E-state index is 0.269. The van der Waals surface area contributed by atoms with Gasteiger partial charge in [0.05, 0.1) is 5.56 Å². The summed E-state index contributed by atoms with van der Waals surface area (Å²) in [6.07, 6.45) is 1.75. The molecule has 0 aliphatic carbocycles. The Hall–Kier alpha value is -1.69. The van der Waals surface area contributed by atoms with Gasteiger partial charge in [-0.2, -0.15) is 0 Å². The Labute approximate surface area is 154 Å². The smallest absolute Gasteiger partial charge is 0.410 e. The summed E-state index contributed by atoms with van der Waals surface area (Å²) < 4.78 is 5.44. The summed E-state index contributed by atoms with van der Waals surface area (Å²) in [7, 11) is 0. The molecule has 1 amide bonds. The molecule has 1 aromatic rings. The summed E-state index contributed by atoms with van der Waals surface area (Å²) in [6, 6.07) is 5.99. The molecule has 1 aromatic carbocycles. The lowest BCUT2D eigenvalue weighted by molar-refractivity contribution is 0.0240. The summed E-state index contributed by atoms with van der Waals surface area (Å²) in [5.74, 6) is 0.997. The molecule has 6 heteroatoms. The molecule has 1 saturated heterocycles. The van der Waals surface area contributed by atoms with Gasteiger partial charge < -0.3 is 14.5 Å². The molecular formula is C19H28N2O3S.